The summed E-state index contributed by atoms with van der Waals surface area (Å²) in [6.45, 7) is 7.18. The molecule has 2 atom stereocenters. The van der Waals surface area contributed by atoms with Crippen LogP contribution in [0.4, 0.5) is 0 Å². The van der Waals surface area contributed by atoms with E-state index in [-0.39, 0.29) is 28.9 Å². The number of hydrogen-bond donors (Lipinski definition) is 0. The molecule has 0 N–H and O–H groups in total. The van der Waals surface area contributed by atoms with Crippen molar-refractivity contribution in [3.63, 3.8) is 0 Å². The number of nitrogens with zero attached hydrogens (tertiary/aromatic N) is 2. The standard InChI is InChI=1S/C18H26N2O4S/c1-13(2)12-20-15-8-10-19(14(3)21)11-9-16(15)24-17-6-4-5-7-18(17)25(20,22)23/h4-7,13,15-16H,8-12H2,1-3H3/t15-,16-/m0/s1. The van der Waals surface area contributed by atoms with Crippen LogP contribution < -0.4 is 4.74 Å². The van der Waals surface area contributed by atoms with Crippen molar-refractivity contribution in [2.45, 2.75) is 50.7 Å². The van der Waals surface area contributed by atoms with Crippen molar-refractivity contribution in [1.82, 2.24) is 9.21 Å². The number of fused-ring (bicyclic) bond motifs is 2. The van der Waals surface area contributed by atoms with E-state index in [0.717, 1.165) is 0 Å². The molecule has 138 valence electrons. The number of ether oxygens (including phenoxy) is 1. The first-order valence-corrected chi connectivity index (χ1v) is 10.3. The highest BCUT2D eigenvalue weighted by Crippen LogP contribution is 2.36. The van der Waals surface area contributed by atoms with Gasteiger partial charge in [-0.25, -0.2) is 8.42 Å². The van der Waals surface area contributed by atoms with Crippen molar-refractivity contribution < 1.29 is 17.9 Å². The van der Waals surface area contributed by atoms with E-state index in [1.54, 1.807) is 40.4 Å². The minimum atomic E-state index is -3.63. The van der Waals surface area contributed by atoms with Crippen molar-refractivity contribution >= 4 is 15.9 Å². The molecule has 2 heterocycles. The SMILES string of the molecule is CC(=O)N1CC[C@@H]2Oc3ccccc3S(=O)(=O)N(CC(C)C)[C@H]2CC1. The molecular weight excluding hydrogens is 340 g/mol. The normalized spacial score (nSPS) is 26.2. The van der Waals surface area contributed by atoms with Gasteiger partial charge in [0.05, 0.1) is 6.04 Å². The van der Waals surface area contributed by atoms with Crippen LogP contribution in [0.25, 0.3) is 0 Å². The number of benzene rings is 1. The second-order valence-electron chi connectivity index (χ2n) is 7.22. The molecular formula is C18H26N2O4S. The lowest BCUT2D eigenvalue weighted by Gasteiger charge is -2.32. The molecule has 0 unspecified atom stereocenters. The number of sulfonamides is 1. The maximum absolute atomic E-state index is 13.3. The first-order chi connectivity index (χ1) is 11.8. The molecule has 25 heavy (non-hydrogen) atoms. The second-order valence-corrected chi connectivity index (χ2v) is 9.08. The van der Waals surface area contributed by atoms with Gasteiger partial charge in [0.15, 0.2) is 0 Å². The van der Waals surface area contributed by atoms with Gasteiger partial charge in [0.2, 0.25) is 15.9 Å². The molecule has 0 saturated carbocycles. The molecule has 1 amide bonds. The molecule has 1 aromatic carbocycles. The van der Waals surface area contributed by atoms with Gasteiger partial charge in [-0.15, -0.1) is 0 Å². The van der Waals surface area contributed by atoms with Gasteiger partial charge in [0.25, 0.3) is 0 Å². The summed E-state index contributed by atoms with van der Waals surface area (Å²) in [5, 5.41) is 0. The van der Waals surface area contributed by atoms with Crippen LogP contribution >= 0.6 is 0 Å². The van der Waals surface area contributed by atoms with Crippen LogP contribution in [0, 0.1) is 5.92 Å². The third kappa shape index (κ3) is 3.53. The first kappa shape index (κ1) is 18.2. The predicted molar refractivity (Wildman–Crippen MR) is 94.9 cm³/mol. The molecule has 0 aliphatic carbocycles. The Morgan fingerprint density at radius 2 is 1.92 bits per heavy atom. The summed E-state index contributed by atoms with van der Waals surface area (Å²) in [5.74, 6) is 0.642. The monoisotopic (exact) mass is 366 g/mol. The Morgan fingerprint density at radius 1 is 1.24 bits per heavy atom. The van der Waals surface area contributed by atoms with Gasteiger partial charge in [-0.05, 0) is 24.5 Å². The van der Waals surface area contributed by atoms with Gasteiger partial charge in [-0.3, -0.25) is 4.79 Å². The van der Waals surface area contributed by atoms with Crippen LogP contribution in [-0.4, -0.2) is 55.3 Å². The molecule has 1 aromatic rings. The number of amides is 1. The molecule has 2 aliphatic heterocycles. The van der Waals surface area contributed by atoms with Crippen LogP contribution in [0.3, 0.4) is 0 Å². The van der Waals surface area contributed by atoms with E-state index in [1.165, 1.54) is 0 Å². The van der Waals surface area contributed by atoms with Crippen LogP contribution in [0.2, 0.25) is 0 Å². The lowest BCUT2D eigenvalue weighted by Crippen LogP contribution is -2.48. The minimum Gasteiger partial charge on any atom is -0.487 e. The minimum absolute atomic E-state index is 0.0233. The van der Waals surface area contributed by atoms with E-state index < -0.39 is 10.0 Å². The Morgan fingerprint density at radius 3 is 2.60 bits per heavy atom. The summed E-state index contributed by atoms with van der Waals surface area (Å²) in [7, 11) is -3.63. The van der Waals surface area contributed by atoms with Gasteiger partial charge in [-0.1, -0.05) is 26.0 Å². The highest BCUT2D eigenvalue weighted by atomic mass is 32.2. The molecule has 1 fully saturated rings. The number of carbonyl (C=O) groups excluding carboxylic acids is 1. The summed E-state index contributed by atoms with van der Waals surface area (Å²) in [4.78, 5) is 13.8. The van der Waals surface area contributed by atoms with Crippen molar-refractivity contribution in [3.05, 3.63) is 24.3 Å². The van der Waals surface area contributed by atoms with E-state index in [2.05, 4.69) is 0 Å². The Balaban J connectivity index is 2.05. The van der Waals surface area contributed by atoms with Gasteiger partial charge in [-0.2, -0.15) is 4.31 Å². The van der Waals surface area contributed by atoms with Gasteiger partial charge >= 0.3 is 0 Å². The maximum Gasteiger partial charge on any atom is 0.247 e. The Kier molecular flexibility index (Phi) is 5.06. The summed E-state index contributed by atoms with van der Waals surface area (Å²) in [6, 6.07) is 6.59. The number of hydrogen-bond acceptors (Lipinski definition) is 4. The van der Waals surface area contributed by atoms with E-state index in [9.17, 15) is 13.2 Å². The Bertz CT molecular complexity index is 747. The summed E-state index contributed by atoms with van der Waals surface area (Å²) >= 11 is 0. The maximum atomic E-state index is 13.3. The molecule has 3 rings (SSSR count). The highest BCUT2D eigenvalue weighted by Gasteiger charge is 2.43. The van der Waals surface area contributed by atoms with Crippen molar-refractivity contribution in [1.29, 1.82) is 0 Å². The van der Waals surface area contributed by atoms with E-state index in [0.29, 0.717) is 38.2 Å². The van der Waals surface area contributed by atoms with Gasteiger partial charge in [0, 0.05) is 33.0 Å². The number of likely N-dealkylation sites (tertiary alicyclic amines) is 1. The Labute approximate surface area is 149 Å². The first-order valence-electron chi connectivity index (χ1n) is 8.83. The van der Waals surface area contributed by atoms with Crippen LogP contribution in [0.15, 0.2) is 29.2 Å². The number of rotatable bonds is 2. The molecule has 0 aromatic heterocycles. The molecule has 2 aliphatic rings. The lowest BCUT2D eigenvalue weighted by atomic mass is 10.0. The molecule has 1 saturated heterocycles. The van der Waals surface area contributed by atoms with Crippen molar-refractivity contribution in [3.8, 4) is 5.75 Å². The lowest BCUT2D eigenvalue weighted by molar-refractivity contribution is -0.128. The van der Waals surface area contributed by atoms with Gasteiger partial charge in [0.1, 0.15) is 16.7 Å². The summed E-state index contributed by atoms with van der Waals surface area (Å²) in [5.41, 5.74) is 0. The fourth-order valence-corrected chi connectivity index (χ4v) is 5.63. The van der Waals surface area contributed by atoms with Gasteiger partial charge < -0.3 is 9.64 Å². The largest absolute Gasteiger partial charge is 0.487 e. The van der Waals surface area contributed by atoms with E-state index in [4.69, 9.17) is 4.74 Å². The third-order valence-electron chi connectivity index (χ3n) is 4.88. The molecule has 6 nitrogen and oxygen atoms in total. The molecule has 0 spiro atoms. The quantitative estimate of drug-likeness (QED) is 0.804. The van der Waals surface area contributed by atoms with E-state index in [1.807, 2.05) is 13.8 Å². The Hall–Kier alpha value is -1.60. The zero-order valence-electron chi connectivity index (χ0n) is 15.0. The highest BCUT2D eigenvalue weighted by molar-refractivity contribution is 7.89. The average molecular weight is 366 g/mol. The fourth-order valence-electron chi connectivity index (χ4n) is 3.66. The molecule has 0 radical (unpaired) electrons. The third-order valence-corrected chi connectivity index (χ3v) is 6.81. The van der Waals surface area contributed by atoms with Crippen LogP contribution in [0.1, 0.15) is 33.6 Å². The topological polar surface area (TPSA) is 66.9 Å². The smallest absolute Gasteiger partial charge is 0.247 e. The average Bonchev–Trinajstić information content (AvgIpc) is 2.79. The van der Waals surface area contributed by atoms with E-state index >= 15 is 0 Å². The van der Waals surface area contributed by atoms with Crippen molar-refractivity contribution in [2.24, 2.45) is 5.92 Å². The van der Waals surface area contributed by atoms with Crippen LogP contribution in [-0.2, 0) is 14.8 Å². The number of para-hydroxylation sites is 1. The van der Waals surface area contributed by atoms with Crippen LogP contribution in [0.5, 0.6) is 5.75 Å². The molecule has 7 heteroatoms. The summed E-state index contributed by atoms with van der Waals surface area (Å²) in [6.07, 6.45) is 0.967. The zero-order valence-corrected chi connectivity index (χ0v) is 15.8. The second kappa shape index (κ2) is 6.96. The summed E-state index contributed by atoms with van der Waals surface area (Å²) < 4.78 is 34.4. The molecule has 0 bridgehead atoms. The fraction of sp³-hybridized carbons (Fsp3) is 0.611. The predicted octanol–water partition coefficient (Wildman–Crippen LogP) is 2.11. The van der Waals surface area contributed by atoms with Crippen molar-refractivity contribution in [2.75, 3.05) is 19.6 Å². The number of carbonyl (C=O) groups is 1. The zero-order chi connectivity index (χ0) is 18.2.